The van der Waals surface area contributed by atoms with Crippen LogP contribution in [0.1, 0.15) is 23.5 Å². The van der Waals surface area contributed by atoms with Crippen LogP contribution in [0.4, 0.5) is 17.5 Å². The molecule has 0 spiro atoms. The summed E-state index contributed by atoms with van der Waals surface area (Å²) in [6.07, 6.45) is 1.94. The molecule has 0 amide bonds. The number of nitrogens with zero attached hydrogens (tertiary/aromatic N) is 6. The van der Waals surface area contributed by atoms with Crippen LogP contribution < -0.4 is 9.80 Å². The molecule has 1 aromatic rings. The summed E-state index contributed by atoms with van der Waals surface area (Å²) in [6.45, 7) is 3.16. The van der Waals surface area contributed by atoms with Crippen LogP contribution in [-0.4, -0.2) is 59.2 Å². The summed E-state index contributed by atoms with van der Waals surface area (Å²) in [7, 11) is 0. The van der Waals surface area contributed by atoms with Gasteiger partial charge in [0.2, 0.25) is 17.5 Å². The first kappa shape index (κ1) is 17.7. The molecular formula is C13H17BrN6O5. The summed E-state index contributed by atoms with van der Waals surface area (Å²) < 4.78 is 5.28. The Morgan fingerprint density at radius 2 is 1.68 bits per heavy atom. The maximum atomic E-state index is 11.7. The lowest BCUT2D eigenvalue weighted by atomic mass is 10.3. The Morgan fingerprint density at radius 3 is 2.24 bits per heavy atom. The molecule has 2 saturated heterocycles. The molecule has 136 valence electrons. The van der Waals surface area contributed by atoms with Crippen molar-refractivity contribution >= 4 is 33.4 Å². The van der Waals surface area contributed by atoms with Gasteiger partial charge in [-0.1, -0.05) is 0 Å². The number of ether oxygens (including phenoxy) is 1. The highest BCUT2D eigenvalue weighted by atomic mass is 79.9. The maximum Gasteiger partial charge on any atom is 0.341 e. The molecule has 12 heteroatoms. The molecule has 2 aliphatic rings. The normalized spacial score (nSPS) is 19.1. The first-order valence-corrected chi connectivity index (χ1v) is 8.82. The number of aromatic nitrogens is 2. The fraction of sp³-hybridized carbons (Fsp3) is 0.692. The summed E-state index contributed by atoms with van der Waals surface area (Å²) in [5, 5.41) is 22.9. The maximum absolute atomic E-state index is 11.7. The molecule has 0 saturated carbocycles. The Labute approximate surface area is 151 Å². The average Bonchev–Trinajstić information content (AvgIpc) is 3.15. The smallest absolute Gasteiger partial charge is 0.341 e. The van der Waals surface area contributed by atoms with E-state index in [0.29, 0.717) is 32.3 Å². The van der Waals surface area contributed by atoms with E-state index >= 15 is 0 Å². The lowest BCUT2D eigenvalue weighted by Crippen LogP contribution is -2.38. The molecule has 0 bridgehead atoms. The van der Waals surface area contributed by atoms with E-state index in [-0.39, 0.29) is 11.5 Å². The minimum atomic E-state index is -1.47. The molecule has 0 radical (unpaired) electrons. The third-order valence-electron chi connectivity index (χ3n) is 4.17. The zero-order valence-electron chi connectivity index (χ0n) is 13.3. The van der Waals surface area contributed by atoms with Gasteiger partial charge in [-0.15, -0.1) is 0 Å². The third kappa shape index (κ3) is 3.63. The molecule has 0 aromatic carbocycles. The van der Waals surface area contributed by atoms with Gasteiger partial charge in [-0.3, -0.25) is 20.2 Å². The van der Waals surface area contributed by atoms with Crippen molar-refractivity contribution in [1.82, 2.24) is 9.97 Å². The second kappa shape index (κ2) is 7.44. The second-order valence-corrected chi connectivity index (χ2v) is 6.62. The van der Waals surface area contributed by atoms with Crippen LogP contribution >= 0.6 is 15.9 Å². The number of morpholine rings is 1. The number of anilines is 2. The Bertz CT molecular complexity index is 677. The molecule has 2 fully saturated rings. The molecule has 3 rings (SSSR count). The van der Waals surface area contributed by atoms with Crippen LogP contribution in [-0.2, 0) is 4.74 Å². The zero-order valence-corrected chi connectivity index (χ0v) is 14.9. The molecule has 0 N–H and O–H groups in total. The number of rotatable bonds is 5. The zero-order chi connectivity index (χ0) is 18.0. The van der Waals surface area contributed by atoms with Crippen molar-refractivity contribution in [2.75, 3.05) is 49.2 Å². The fourth-order valence-corrected chi connectivity index (χ4v) is 3.26. The number of hydrogen-bond donors (Lipinski definition) is 0. The Morgan fingerprint density at radius 1 is 1.04 bits per heavy atom. The summed E-state index contributed by atoms with van der Waals surface area (Å²) >= 11 is 2.91. The van der Waals surface area contributed by atoms with E-state index in [1.165, 1.54) is 0 Å². The van der Waals surface area contributed by atoms with Gasteiger partial charge in [-0.25, -0.2) is 4.98 Å². The lowest BCUT2D eigenvalue weighted by Gasteiger charge is -2.28. The van der Waals surface area contributed by atoms with Gasteiger partial charge in [0.25, 0.3) is 0 Å². The molecular weight excluding hydrogens is 400 g/mol. The van der Waals surface area contributed by atoms with Gasteiger partial charge in [0.05, 0.1) is 18.1 Å². The Balaban J connectivity index is 2.14. The highest BCUT2D eigenvalue weighted by Crippen LogP contribution is 2.38. The van der Waals surface area contributed by atoms with Crippen LogP contribution in [0.25, 0.3) is 0 Å². The standard InChI is InChI=1S/C13H17BrN6O5/c14-11(20(23)24)9-10(19(21)22)12(17-5-7-25-8-6-17)16-13(15-9)18-3-1-2-4-18/h11H,1-8H2. The van der Waals surface area contributed by atoms with Crippen molar-refractivity contribution < 1.29 is 14.6 Å². The van der Waals surface area contributed by atoms with Crippen molar-refractivity contribution in [1.29, 1.82) is 0 Å². The molecule has 1 atom stereocenters. The second-order valence-electron chi connectivity index (χ2n) is 5.75. The predicted molar refractivity (Wildman–Crippen MR) is 91.8 cm³/mol. The van der Waals surface area contributed by atoms with Crippen molar-refractivity contribution in [2.24, 2.45) is 0 Å². The van der Waals surface area contributed by atoms with Gasteiger partial charge in [0.15, 0.2) is 0 Å². The monoisotopic (exact) mass is 416 g/mol. The van der Waals surface area contributed by atoms with E-state index in [9.17, 15) is 20.2 Å². The predicted octanol–water partition coefficient (Wildman–Crippen LogP) is 1.49. The first-order valence-electron chi connectivity index (χ1n) is 7.90. The van der Waals surface area contributed by atoms with Crippen molar-refractivity contribution in [3.05, 3.63) is 25.9 Å². The van der Waals surface area contributed by atoms with Crippen LogP contribution in [0.5, 0.6) is 0 Å². The highest BCUT2D eigenvalue weighted by molar-refractivity contribution is 9.09. The van der Waals surface area contributed by atoms with E-state index in [1.54, 1.807) is 4.90 Å². The fourth-order valence-electron chi connectivity index (χ4n) is 2.94. The number of halogens is 1. The third-order valence-corrected chi connectivity index (χ3v) is 4.94. The van der Waals surface area contributed by atoms with Gasteiger partial charge in [-0.2, -0.15) is 4.98 Å². The minimum Gasteiger partial charge on any atom is -0.378 e. The molecule has 1 unspecified atom stereocenters. The topological polar surface area (TPSA) is 128 Å². The van der Waals surface area contributed by atoms with Crippen LogP contribution in [0.3, 0.4) is 0 Å². The summed E-state index contributed by atoms with van der Waals surface area (Å²) in [5.41, 5.74) is -0.656. The Kier molecular flexibility index (Phi) is 5.27. The van der Waals surface area contributed by atoms with Crippen molar-refractivity contribution in [3.63, 3.8) is 0 Å². The summed E-state index contributed by atoms with van der Waals surface area (Å²) in [4.78, 5) is 32.3. The number of nitro groups is 2. The molecule has 2 aliphatic heterocycles. The van der Waals surface area contributed by atoms with Crippen LogP contribution in [0.2, 0.25) is 0 Å². The summed E-state index contributed by atoms with van der Waals surface area (Å²) in [6, 6.07) is 0. The lowest BCUT2D eigenvalue weighted by molar-refractivity contribution is -0.500. The molecule has 0 aliphatic carbocycles. The van der Waals surface area contributed by atoms with Crippen molar-refractivity contribution in [2.45, 2.75) is 17.8 Å². The van der Waals surface area contributed by atoms with Gasteiger partial charge < -0.3 is 14.5 Å². The van der Waals surface area contributed by atoms with Gasteiger partial charge >= 0.3 is 10.6 Å². The van der Waals surface area contributed by atoms with E-state index in [2.05, 4.69) is 25.9 Å². The number of alkyl halides is 1. The quantitative estimate of drug-likeness (QED) is 0.303. The van der Waals surface area contributed by atoms with E-state index in [0.717, 1.165) is 25.9 Å². The summed E-state index contributed by atoms with van der Waals surface area (Å²) in [5.74, 6) is 0.414. The van der Waals surface area contributed by atoms with E-state index < -0.39 is 20.5 Å². The van der Waals surface area contributed by atoms with E-state index in [4.69, 9.17) is 4.74 Å². The molecule has 25 heavy (non-hydrogen) atoms. The van der Waals surface area contributed by atoms with Gasteiger partial charge in [0, 0.05) is 47.0 Å². The molecule has 3 heterocycles. The van der Waals surface area contributed by atoms with Crippen molar-refractivity contribution in [3.8, 4) is 0 Å². The van der Waals surface area contributed by atoms with Gasteiger partial charge in [-0.05, 0) is 12.8 Å². The SMILES string of the molecule is O=[N+]([O-])c1c(C(Br)[N+](=O)[O-])nc(N2CCCC2)nc1N1CCOCC1. The van der Waals surface area contributed by atoms with Crippen LogP contribution in [0.15, 0.2) is 0 Å². The molecule has 11 nitrogen and oxygen atoms in total. The molecule has 1 aromatic heterocycles. The van der Waals surface area contributed by atoms with E-state index in [1.807, 2.05) is 4.90 Å². The highest BCUT2D eigenvalue weighted by Gasteiger charge is 2.38. The van der Waals surface area contributed by atoms with Gasteiger partial charge in [0.1, 0.15) is 0 Å². The number of hydrogen-bond acceptors (Lipinski definition) is 9. The first-order chi connectivity index (χ1) is 12.0. The average molecular weight is 417 g/mol. The largest absolute Gasteiger partial charge is 0.378 e. The minimum absolute atomic E-state index is 0.117. The van der Waals surface area contributed by atoms with Crippen LogP contribution in [0, 0.1) is 20.2 Å². The Hall–Kier alpha value is -2.08.